The Morgan fingerprint density at radius 2 is 1.73 bits per heavy atom. The molecule has 0 radical (unpaired) electrons. The molecule has 0 N–H and O–H groups in total. The zero-order valence-electron chi connectivity index (χ0n) is 22.8. The summed E-state index contributed by atoms with van der Waals surface area (Å²) in [4.78, 5) is 10.1. The van der Waals surface area contributed by atoms with Crippen molar-refractivity contribution in [3.8, 4) is 0 Å². The zero-order valence-corrected chi connectivity index (χ0v) is 23.6. The second-order valence-corrected chi connectivity index (χ2v) is 8.06. The van der Waals surface area contributed by atoms with Gasteiger partial charge in [0.2, 0.25) is 0 Å². The van der Waals surface area contributed by atoms with Gasteiger partial charge in [0.25, 0.3) is 0 Å². The molecule has 0 saturated carbocycles. The first-order valence-corrected chi connectivity index (χ1v) is 13.0. The van der Waals surface area contributed by atoms with Gasteiger partial charge in [0.15, 0.2) is 0 Å². The topological polar surface area (TPSA) is 37.6 Å². The van der Waals surface area contributed by atoms with Crippen LogP contribution in [0.4, 0.5) is 0 Å². The third-order valence-corrected chi connectivity index (χ3v) is 5.41. The van der Waals surface area contributed by atoms with Crippen LogP contribution in [-0.2, 0) is 0 Å². The highest BCUT2D eigenvalue weighted by Gasteiger charge is 2.05. The summed E-state index contributed by atoms with van der Waals surface area (Å²) >= 11 is 1.59. The lowest BCUT2D eigenvalue weighted by Crippen LogP contribution is -2.04. The quantitative estimate of drug-likeness (QED) is 0.248. The molecule has 184 valence electrons. The Labute approximate surface area is 208 Å². The van der Waals surface area contributed by atoms with E-state index in [4.69, 9.17) is 0 Å². The first-order chi connectivity index (χ1) is 15.9. The van der Waals surface area contributed by atoms with Crippen LogP contribution in [0.25, 0.3) is 5.57 Å². The molecular formula is C29H47N3S. The molecule has 0 atom stereocenters. The minimum Gasteiger partial charge on any atom is -0.260 e. The molecule has 0 aromatic carbocycles. The molecule has 1 heterocycles. The molecule has 0 amide bonds. The van der Waals surface area contributed by atoms with Crippen molar-refractivity contribution in [2.45, 2.75) is 94.9 Å². The molecule has 1 aromatic heterocycles. The van der Waals surface area contributed by atoms with Crippen LogP contribution in [0.1, 0.15) is 98.4 Å². The van der Waals surface area contributed by atoms with Crippen molar-refractivity contribution in [1.82, 2.24) is 4.37 Å². The number of hydrogen-bond acceptors (Lipinski definition) is 4. The summed E-state index contributed by atoms with van der Waals surface area (Å²) in [7, 11) is 0. The van der Waals surface area contributed by atoms with Crippen molar-refractivity contribution in [2.24, 2.45) is 9.98 Å². The first kappa shape index (κ1) is 32.8. The van der Waals surface area contributed by atoms with Gasteiger partial charge in [-0.25, -0.2) is 4.37 Å². The molecule has 1 rings (SSSR count). The van der Waals surface area contributed by atoms with Crippen LogP contribution in [0.2, 0.25) is 0 Å². The standard InChI is InChI=1S/C16H24N2.C11H17NS.C2H6/c1-7-11-17-13(5)14(6)18-12-16(10-4)15(8-2)9-3;1-4-6-10(7-5-2)11-8-12-13-9(11)3;1-2/h7-9,11-12H,2,10H2,1,3-6H3;6,8H,4-5,7H2,1-3H3;1-2H3/b11-7-,15-9+,16-12+,17-13?,18-14?;10-6+;. The van der Waals surface area contributed by atoms with E-state index in [2.05, 4.69) is 54.7 Å². The highest BCUT2D eigenvalue weighted by atomic mass is 32.1. The van der Waals surface area contributed by atoms with Crippen molar-refractivity contribution in [3.63, 3.8) is 0 Å². The molecule has 0 aliphatic carbocycles. The maximum atomic E-state index is 4.47. The molecule has 4 heteroatoms. The Balaban J connectivity index is 0. The van der Waals surface area contributed by atoms with Gasteiger partial charge in [0.1, 0.15) is 0 Å². The monoisotopic (exact) mass is 469 g/mol. The molecule has 0 aliphatic rings. The summed E-state index contributed by atoms with van der Waals surface area (Å²) < 4.78 is 4.21. The molecule has 1 aromatic rings. The normalized spacial score (nSPS) is 13.3. The lowest BCUT2D eigenvalue weighted by molar-refractivity contribution is 0.966. The van der Waals surface area contributed by atoms with Crippen molar-refractivity contribution in [2.75, 3.05) is 0 Å². The van der Waals surface area contributed by atoms with Crippen LogP contribution in [0.5, 0.6) is 0 Å². The van der Waals surface area contributed by atoms with Gasteiger partial charge in [-0.15, -0.1) is 0 Å². The Morgan fingerprint density at radius 1 is 1.09 bits per heavy atom. The predicted octanol–water partition coefficient (Wildman–Crippen LogP) is 9.94. The number of aryl methyl sites for hydroxylation is 1. The first-order valence-electron chi connectivity index (χ1n) is 12.2. The molecule has 0 unspecified atom stereocenters. The van der Waals surface area contributed by atoms with Crippen molar-refractivity contribution < 1.29 is 0 Å². The minimum atomic E-state index is 0.929. The summed E-state index contributed by atoms with van der Waals surface area (Å²) in [5.74, 6) is 0. The molecule has 0 fully saturated rings. The fourth-order valence-electron chi connectivity index (χ4n) is 2.82. The van der Waals surface area contributed by atoms with Gasteiger partial charge < -0.3 is 0 Å². The van der Waals surface area contributed by atoms with Gasteiger partial charge in [-0.1, -0.05) is 71.9 Å². The van der Waals surface area contributed by atoms with E-state index in [0.717, 1.165) is 29.8 Å². The third kappa shape index (κ3) is 13.7. The van der Waals surface area contributed by atoms with Gasteiger partial charge in [0.05, 0.1) is 11.4 Å². The van der Waals surface area contributed by atoms with Crippen LogP contribution in [0.15, 0.2) is 70.6 Å². The Morgan fingerprint density at radius 3 is 2.15 bits per heavy atom. The molecule has 0 spiro atoms. The van der Waals surface area contributed by atoms with Crippen LogP contribution in [0, 0.1) is 6.92 Å². The molecule has 3 nitrogen and oxygen atoms in total. The van der Waals surface area contributed by atoms with Gasteiger partial charge in [-0.05, 0) is 82.1 Å². The van der Waals surface area contributed by atoms with E-state index in [1.807, 2.05) is 72.2 Å². The number of hydrogen-bond donors (Lipinski definition) is 0. The number of nitrogens with zero attached hydrogens (tertiary/aromatic N) is 3. The van der Waals surface area contributed by atoms with Gasteiger partial charge in [0, 0.05) is 29.0 Å². The third-order valence-electron chi connectivity index (χ3n) is 4.70. The van der Waals surface area contributed by atoms with Crippen molar-refractivity contribution >= 4 is 28.5 Å². The average molecular weight is 470 g/mol. The summed E-state index contributed by atoms with van der Waals surface area (Å²) in [5, 5.41) is 0. The SMILES string of the molecule is C=CC(=C\C)/C(=C/N=C(C)C(C)=N/C=C\C)CC.CC.CC/C=C(\CCC)c1cnsc1C. The largest absolute Gasteiger partial charge is 0.260 e. The number of aromatic nitrogens is 1. The molecule has 0 bridgehead atoms. The van der Waals surface area contributed by atoms with E-state index in [9.17, 15) is 0 Å². The van der Waals surface area contributed by atoms with Crippen molar-refractivity contribution in [1.29, 1.82) is 0 Å². The van der Waals surface area contributed by atoms with E-state index in [0.29, 0.717) is 0 Å². The minimum absolute atomic E-state index is 0.929. The number of aliphatic imine (C=N–C) groups is 2. The molecule has 0 saturated heterocycles. The van der Waals surface area contributed by atoms with Crippen LogP contribution >= 0.6 is 11.5 Å². The molecule has 33 heavy (non-hydrogen) atoms. The maximum absolute atomic E-state index is 4.47. The van der Waals surface area contributed by atoms with Gasteiger partial charge >= 0.3 is 0 Å². The fourth-order valence-corrected chi connectivity index (χ4v) is 3.42. The van der Waals surface area contributed by atoms with Crippen molar-refractivity contribution in [3.05, 3.63) is 71.1 Å². The predicted molar refractivity (Wildman–Crippen MR) is 155 cm³/mol. The fraction of sp³-hybridized carbons (Fsp3) is 0.483. The summed E-state index contributed by atoms with van der Waals surface area (Å²) in [6.45, 7) is 24.4. The lowest BCUT2D eigenvalue weighted by Gasteiger charge is -2.04. The Kier molecular flexibility index (Phi) is 21.4. The summed E-state index contributed by atoms with van der Waals surface area (Å²) in [5.41, 5.74) is 7.01. The van der Waals surface area contributed by atoms with E-state index in [-0.39, 0.29) is 0 Å². The highest BCUT2D eigenvalue weighted by molar-refractivity contribution is 7.05. The zero-order chi connectivity index (χ0) is 25.6. The number of allylic oxidation sites excluding steroid dienone is 7. The molecule has 0 aliphatic heterocycles. The summed E-state index contributed by atoms with van der Waals surface area (Å²) in [6, 6.07) is 0. The van der Waals surface area contributed by atoms with E-state index in [1.54, 1.807) is 17.7 Å². The smallest absolute Gasteiger partial charge is 0.0584 e. The summed E-state index contributed by atoms with van der Waals surface area (Å²) in [6.07, 6.45) is 18.2. The lowest BCUT2D eigenvalue weighted by atomic mass is 10.0. The molecular weight excluding hydrogens is 422 g/mol. The highest BCUT2D eigenvalue weighted by Crippen LogP contribution is 2.25. The van der Waals surface area contributed by atoms with E-state index in [1.165, 1.54) is 34.4 Å². The van der Waals surface area contributed by atoms with E-state index >= 15 is 0 Å². The van der Waals surface area contributed by atoms with Gasteiger partial charge in [-0.2, -0.15) is 0 Å². The second-order valence-electron chi connectivity index (χ2n) is 7.05. The Hall–Kier alpha value is -2.33. The number of rotatable bonds is 10. The second kappa shape index (κ2) is 21.5. The van der Waals surface area contributed by atoms with E-state index < -0.39 is 0 Å². The average Bonchev–Trinajstić information content (AvgIpc) is 3.27. The van der Waals surface area contributed by atoms with Crippen LogP contribution in [-0.4, -0.2) is 15.8 Å². The maximum Gasteiger partial charge on any atom is 0.0584 e. The van der Waals surface area contributed by atoms with Crippen LogP contribution in [0.3, 0.4) is 0 Å². The Bertz CT molecular complexity index is 846. The van der Waals surface area contributed by atoms with Gasteiger partial charge in [-0.3, -0.25) is 9.98 Å². The van der Waals surface area contributed by atoms with Crippen LogP contribution < -0.4 is 0 Å².